The molecule has 0 spiro atoms. The number of rotatable bonds is 3. The third kappa shape index (κ3) is 2.55. The van der Waals surface area contributed by atoms with Gasteiger partial charge in [-0.05, 0) is 12.5 Å². The first-order valence-electron chi connectivity index (χ1n) is 7.91. The summed E-state index contributed by atoms with van der Waals surface area (Å²) in [4.78, 5) is 2.12. The zero-order valence-electron chi connectivity index (χ0n) is 13.3. The standard InChI is InChI=1S/C16H18F2N4O2/c1-23-16-12(17)3-2-10(15(16)18)7-21-5-4-14-13(8-21)22-11(9-24-14)6-19-20-22/h2-3,6,13-14H,4-5,7-9H2,1H3/t13-,14+/m0/s1. The fourth-order valence-corrected chi connectivity index (χ4v) is 3.51. The normalized spacial score (nSPS) is 23.6. The zero-order valence-corrected chi connectivity index (χ0v) is 13.3. The number of likely N-dealkylation sites (tertiary alicyclic amines) is 1. The van der Waals surface area contributed by atoms with Gasteiger partial charge in [0.15, 0.2) is 17.4 Å². The van der Waals surface area contributed by atoms with Crippen molar-refractivity contribution in [3.05, 3.63) is 41.2 Å². The van der Waals surface area contributed by atoms with E-state index in [2.05, 4.69) is 15.2 Å². The van der Waals surface area contributed by atoms with Crippen molar-refractivity contribution in [1.29, 1.82) is 0 Å². The summed E-state index contributed by atoms with van der Waals surface area (Å²) in [6, 6.07) is 2.77. The fraction of sp³-hybridized carbons (Fsp3) is 0.500. The largest absolute Gasteiger partial charge is 0.491 e. The molecule has 1 aromatic carbocycles. The smallest absolute Gasteiger partial charge is 0.190 e. The van der Waals surface area contributed by atoms with Crippen molar-refractivity contribution in [3.63, 3.8) is 0 Å². The molecule has 0 saturated carbocycles. The van der Waals surface area contributed by atoms with E-state index in [1.165, 1.54) is 19.2 Å². The summed E-state index contributed by atoms with van der Waals surface area (Å²) in [6.07, 6.45) is 2.65. The van der Waals surface area contributed by atoms with E-state index in [9.17, 15) is 8.78 Å². The van der Waals surface area contributed by atoms with Crippen LogP contribution in [0.15, 0.2) is 18.3 Å². The number of hydrogen-bond donors (Lipinski definition) is 0. The Morgan fingerprint density at radius 1 is 1.38 bits per heavy atom. The fourth-order valence-electron chi connectivity index (χ4n) is 3.51. The molecule has 128 valence electrons. The van der Waals surface area contributed by atoms with Crippen molar-refractivity contribution < 1.29 is 18.3 Å². The van der Waals surface area contributed by atoms with Crippen LogP contribution in [0, 0.1) is 11.6 Å². The number of methoxy groups -OCH3 is 1. The van der Waals surface area contributed by atoms with Crippen LogP contribution in [0.3, 0.4) is 0 Å². The van der Waals surface area contributed by atoms with E-state index in [1.807, 2.05) is 4.68 Å². The minimum absolute atomic E-state index is 0.0652. The first kappa shape index (κ1) is 15.5. The average molecular weight is 336 g/mol. The van der Waals surface area contributed by atoms with Crippen LogP contribution in [0.25, 0.3) is 0 Å². The minimum Gasteiger partial charge on any atom is -0.491 e. The van der Waals surface area contributed by atoms with E-state index in [0.29, 0.717) is 25.3 Å². The van der Waals surface area contributed by atoms with E-state index in [4.69, 9.17) is 9.47 Å². The van der Waals surface area contributed by atoms with Crippen molar-refractivity contribution in [2.24, 2.45) is 0 Å². The number of halogens is 2. The van der Waals surface area contributed by atoms with Gasteiger partial charge in [0.1, 0.15) is 0 Å². The summed E-state index contributed by atoms with van der Waals surface area (Å²) >= 11 is 0. The molecule has 0 amide bonds. The maximum atomic E-state index is 14.4. The summed E-state index contributed by atoms with van der Waals surface area (Å²) in [5.74, 6) is -1.66. The van der Waals surface area contributed by atoms with Gasteiger partial charge in [-0.1, -0.05) is 11.3 Å². The summed E-state index contributed by atoms with van der Waals surface area (Å²) < 4.78 is 40.5. The molecule has 3 heterocycles. The molecule has 0 bridgehead atoms. The van der Waals surface area contributed by atoms with Crippen LogP contribution >= 0.6 is 0 Å². The van der Waals surface area contributed by atoms with Gasteiger partial charge in [-0.25, -0.2) is 13.5 Å². The van der Waals surface area contributed by atoms with Crippen LogP contribution in [-0.4, -0.2) is 46.2 Å². The molecule has 24 heavy (non-hydrogen) atoms. The molecule has 4 rings (SSSR count). The molecule has 2 aliphatic heterocycles. The Hall–Kier alpha value is -2.06. The molecule has 1 saturated heterocycles. The van der Waals surface area contributed by atoms with E-state index in [1.54, 1.807) is 6.20 Å². The Bertz CT molecular complexity index is 752. The summed E-state index contributed by atoms with van der Waals surface area (Å²) in [5.41, 5.74) is 1.37. The molecular formula is C16H18F2N4O2. The molecule has 0 radical (unpaired) electrons. The third-order valence-corrected chi connectivity index (χ3v) is 4.74. The molecule has 1 fully saturated rings. The summed E-state index contributed by atoms with van der Waals surface area (Å²) in [6.45, 7) is 2.37. The lowest BCUT2D eigenvalue weighted by atomic mass is 9.99. The van der Waals surface area contributed by atoms with Gasteiger partial charge in [0, 0.05) is 25.2 Å². The van der Waals surface area contributed by atoms with Gasteiger partial charge < -0.3 is 9.47 Å². The second kappa shape index (κ2) is 6.10. The van der Waals surface area contributed by atoms with Crippen LogP contribution < -0.4 is 4.74 Å². The SMILES string of the molecule is COc1c(F)ccc(CN2CC[C@H]3OCc4cnnn4[C@H]3C2)c1F. The Morgan fingerprint density at radius 3 is 3.08 bits per heavy atom. The van der Waals surface area contributed by atoms with Gasteiger partial charge in [0.05, 0.1) is 37.8 Å². The summed E-state index contributed by atoms with van der Waals surface area (Å²) in [5, 5.41) is 8.10. The molecule has 2 atom stereocenters. The van der Waals surface area contributed by atoms with Crippen LogP contribution in [0.1, 0.15) is 23.7 Å². The van der Waals surface area contributed by atoms with E-state index in [-0.39, 0.29) is 17.9 Å². The number of aromatic nitrogens is 3. The highest BCUT2D eigenvalue weighted by Crippen LogP contribution is 2.32. The minimum atomic E-state index is -0.689. The maximum Gasteiger partial charge on any atom is 0.190 e. The van der Waals surface area contributed by atoms with Crippen molar-refractivity contribution in [2.75, 3.05) is 20.2 Å². The number of fused-ring (bicyclic) bond motifs is 3. The van der Waals surface area contributed by atoms with Crippen molar-refractivity contribution in [2.45, 2.75) is 31.7 Å². The predicted octanol–water partition coefficient (Wildman–Crippen LogP) is 1.91. The van der Waals surface area contributed by atoms with Gasteiger partial charge in [-0.2, -0.15) is 0 Å². The highest BCUT2D eigenvalue weighted by Gasteiger charge is 2.36. The number of benzene rings is 1. The second-order valence-corrected chi connectivity index (χ2v) is 6.16. The lowest BCUT2D eigenvalue weighted by molar-refractivity contribution is -0.0671. The topological polar surface area (TPSA) is 52.4 Å². The lowest BCUT2D eigenvalue weighted by Gasteiger charge is -2.41. The van der Waals surface area contributed by atoms with Crippen molar-refractivity contribution >= 4 is 0 Å². The average Bonchev–Trinajstić information content (AvgIpc) is 3.07. The summed E-state index contributed by atoms with van der Waals surface area (Å²) in [7, 11) is 1.27. The van der Waals surface area contributed by atoms with Crippen LogP contribution in [-0.2, 0) is 17.9 Å². The Balaban J connectivity index is 1.54. The highest BCUT2D eigenvalue weighted by molar-refractivity contribution is 5.32. The third-order valence-electron chi connectivity index (χ3n) is 4.74. The molecule has 6 nitrogen and oxygen atoms in total. The Kier molecular flexibility index (Phi) is 3.93. The number of nitrogens with zero attached hydrogens (tertiary/aromatic N) is 4. The Morgan fingerprint density at radius 2 is 2.25 bits per heavy atom. The van der Waals surface area contributed by atoms with Gasteiger partial charge >= 0.3 is 0 Å². The van der Waals surface area contributed by atoms with E-state index in [0.717, 1.165) is 18.7 Å². The molecule has 2 aromatic rings. The number of hydrogen-bond acceptors (Lipinski definition) is 5. The first-order valence-corrected chi connectivity index (χ1v) is 7.91. The van der Waals surface area contributed by atoms with Gasteiger partial charge in [-0.3, -0.25) is 4.90 Å². The molecule has 2 aliphatic rings. The second-order valence-electron chi connectivity index (χ2n) is 6.16. The molecular weight excluding hydrogens is 318 g/mol. The zero-order chi connectivity index (χ0) is 16.7. The van der Waals surface area contributed by atoms with Gasteiger partial charge in [0.2, 0.25) is 0 Å². The van der Waals surface area contributed by atoms with Crippen LogP contribution in [0.5, 0.6) is 5.75 Å². The lowest BCUT2D eigenvalue weighted by Crippen LogP contribution is -2.47. The Labute approximate surface area is 138 Å². The molecule has 0 N–H and O–H groups in total. The number of ether oxygens (including phenoxy) is 2. The first-order chi connectivity index (χ1) is 11.7. The van der Waals surface area contributed by atoms with Crippen molar-refractivity contribution in [1.82, 2.24) is 19.9 Å². The van der Waals surface area contributed by atoms with Gasteiger partial charge in [0.25, 0.3) is 0 Å². The quantitative estimate of drug-likeness (QED) is 0.857. The molecule has 0 unspecified atom stereocenters. The highest BCUT2D eigenvalue weighted by atomic mass is 19.1. The van der Waals surface area contributed by atoms with E-state index < -0.39 is 11.6 Å². The van der Waals surface area contributed by atoms with Crippen molar-refractivity contribution in [3.8, 4) is 5.75 Å². The van der Waals surface area contributed by atoms with Gasteiger partial charge in [-0.15, -0.1) is 5.10 Å². The van der Waals surface area contributed by atoms with Crippen LogP contribution in [0.2, 0.25) is 0 Å². The van der Waals surface area contributed by atoms with Crippen LogP contribution in [0.4, 0.5) is 8.78 Å². The molecule has 8 heteroatoms. The van der Waals surface area contributed by atoms with E-state index >= 15 is 0 Å². The molecule has 0 aliphatic carbocycles. The maximum absolute atomic E-state index is 14.4. The monoisotopic (exact) mass is 336 g/mol. The predicted molar refractivity (Wildman–Crippen MR) is 80.4 cm³/mol. The molecule has 1 aromatic heterocycles. The number of piperidine rings is 1.